The molecular formula is C12H20N4O3. The average Bonchev–Trinajstić information content (AvgIpc) is 2.72. The fourth-order valence-electron chi connectivity index (χ4n) is 1.62. The maximum atomic E-state index is 11.8. The molecule has 0 unspecified atom stereocenters. The predicted molar refractivity (Wildman–Crippen MR) is 68.8 cm³/mol. The van der Waals surface area contributed by atoms with E-state index in [1.807, 2.05) is 13.8 Å². The van der Waals surface area contributed by atoms with Crippen LogP contribution in [0.3, 0.4) is 0 Å². The van der Waals surface area contributed by atoms with Crippen LogP contribution in [0.5, 0.6) is 0 Å². The summed E-state index contributed by atoms with van der Waals surface area (Å²) in [4.78, 5) is 25.0. The first kappa shape index (κ1) is 15.1. The summed E-state index contributed by atoms with van der Waals surface area (Å²) in [5.41, 5.74) is 0.803. The van der Waals surface area contributed by atoms with Crippen LogP contribution in [0, 0.1) is 0 Å². The number of rotatable bonds is 5. The molecule has 0 N–H and O–H groups in total. The summed E-state index contributed by atoms with van der Waals surface area (Å²) < 4.78 is 6.39. The highest BCUT2D eigenvalue weighted by Crippen LogP contribution is 2.18. The number of hydrogen-bond acceptors (Lipinski definition) is 5. The number of carbonyl (C=O) groups is 2. The standard InChI is InChI=1S/C12H20N4O3/c1-6-19-12(18)10-11(8(2)3)16(14-13-10)7-9(17)15(4)5/h8H,6-7H2,1-5H3. The minimum absolute atomic E-state index is 0.0179. The molecule has 19 heavy (non-hydrogen) atoms. The van der Waals surface area contributed by atoms with Crippen LogP contribution in [0.25, 0.3) is 0 Å². The van der Waals surface area contributed by atoms with Crippen molar-refractivity contribution >= 4 is 11.9 Å². The smallest absolute Gasteiger partial charge is 0.360 e. The molecule has 7 heteroatoms. The molecule has 0 aliphatic rings. The van der Waals surface area contributed by atoms with E-state index in [4.69, 9.17) is 4.74 Å². The summed E-state index contributed by atoms with van der Waals surface area (Å²) in [6.07, 6.45) is 0. The van der Waals surface area contributed by atoms with Gasteiger partial charge < -0.3 is 9.64 Å². The van der Waals surface area contributed by atoms with Crippen molar-refractivity contribution in [3.63, 3.8) is 0 Å². The van der Waals surface area contributed by atoms with Crippen molar-refractivity contribution in [2.45, 2.75) is 33.2 Å². The maximum absolute atomic E-state index is 11.8. The topological polar surface area (TPSA) is 77.3 Å². The Balaban J connectivity index is 3.07. The van der Waals surface area contributed by atoms with Gasteiger partial charge in [-0.2, -0.15) is 0 Å². The first-order valence-electron chi connectivity index (χ1n) is 6.19. The minimum atomic E-state index is -0.505. The molecule has 0 aromatic carbocycles. The van der Waals surface area contributed by atoms with E-state index in [-0.39, 0.29) is 30.7 Å². The zero-order valence-corrected chi connectivity index (χ0v) is 12.0. The lowest BCUT2D eigenvalue weighted by atomic mass is 10.1. The van der Waals surface area contributed by atoms with Gasteiger partial charge in [0.05, 0.1) is 12.3 Å². The average molecular weight is 268 g/mol. The van der Waals surface area contributed by atoms with Crippen molar-refractivity contribution in [3.8, 4) is 0 Å². The summed E-state index contributed by atoms with van der Waals surface area (Å²) in [6.45, 7) is 5.90. The quantitative estimate of drug-likeness (QED) is 0.733. The van der Waals surface area contributed by atoms with Crippen molar-refractivity contribution < 1.29 is 14.3 Å². The molecular weight excluding hydrogens is 248 g/mol. The van der Waals surface area contributed by atoms with Gasteiger partial charge in [0.15, 0.2) is 5.69 Å². The Hall–Kier alpha value is -1.92. The van der Waals surface area contributed by atoms with E-state index in [1.54, 1.807) is 21.0 Å². The van der Waals surface area contributed by atoms with E-state index in [9.17, 15) is 9.59 Å². The highest BCUT2D eigenvalue weighted by atomic mass is 16.5. The number of nitrogens with zero attached hydrogens (tertiary/aromatic N) is 4. The van der Waals surface area contributed by atoms with Crippen LogP contribution in [0.15, 0.2) is 0 Å². The highest BCUT2D eigenvalue weighted by Gasteiger charge is 2.24. The third-order valence-corrected chi connectivity index (χ3v) is 2.57. The molecule has 0 fully saturated rings. The monoisotopic (exact) mass is 268 g/mol. The molecule has 1 heterocycles. The Kier molecular flexibility index (Phi) is 5.02. The fourth-order valence-corrected chi connectivity index (χ4v) is 1.62. The number of likely N-dealkylation sites (N-methyl/N-ethyl adjacent to an activating group) is 1. The minimum Gasteiger partial charge on any atom is -0.461 e. The number of aromatic nitrogens is 3. The number of hydrogen-bond donors (Lipinski definition) is 0. The summed E-state index contributed by atoms with van der Waals surface area (Å²) in [5, 5.41) is 7.72. The third kappa shape index (κ3) is 3.52. The molecule has 0 bridgehead atoms. The molecule has 0 saturated carbocycles. The lowest BCUT2D eigenvalue weighted by Crippen LogP contribution is -2.28. The van der Waals surface area contributed by atoms with Gasteiger partial charge in [0, 0.05) is 14.1 Å². The van der Waals surface area contributed by atoms with Crippen molar-refractivity contribution in [3.05, 3.63) is 11.4 Å². The van der Waals surface area contributed by atoms with Crippen LogP contribution < -0.4 is 0 Å². The molecule has 106 valence electrons. The van der Waals surface area contributed by atoms with Gasteiger partial charge in [-0.15, -0.1) is 5.10 Å². The Morgan fingerprint density at radius 2 is 2.00 bits per heavy atom. The molecule has 1 rings (SSSR count). The zero-order chi connectivity index (χ0) is 14.6. The summed E-state index contributed by atoms with van der Waals surface area (Å²) in [6, 6.07) is 0. The highest BCUT2D eigenvalue weighted by molar-refractivity contribution is 5.88. The third-order valence-electron chi connectivity index (χ3n) is 2.57. The molecule has 0 saturated heterocycles. The number of carbonyl (C=O) groups excluding carboxylic acids is 2. The van der Waals surface area contributed by atoms with Crippen LogP contribution in [0.1, 0.15) is 42.9 Å². The summed E-state index contributed by atoms with van der Waals surface area (Å²) in [7, 11) is 3.33. The summed E-state index contributed by atoms with van der Waals surface area (Å²) >= 11 is 0. The van der Waals surface area contributed by atoms with Gasteiger partial charge in [-0.25, -0.2) is 9.48 Å². The lowest BCUT2D eigenvalue weighted by Gasteiger charge is -2.13. The van der Waals surface area contributed by atoms with E-state index >= 15 is 0 Å². The number of ether oxygens (including phenoxy) is 1. The van der Waals surface area contributed by atoms with Gasteiger partial charge in [0.2, 0.25) is 5.91 Å². The van der Waals surface area contributed by atoms with E-state index in [1.165, 1.54) is 9.58 Å². The second-order valence-electron chi connectivity index (χ2n) is 4.64. The van der Waals surface area contributed by atoms with Crippen LogP contribution in [0.4, 0.5) is 0 Å². The number of amides is 1. The summed E-state index contributed by atoms with van der Waals surface area (Å²) in [5.74, 6) is -0.596. The molecule has 1 aromatic heterocycles. The molecule has 0 aliphatic carbocycles. The Bertz CT molecular complexity index is 466. The van der Waals surface area contributed by atoms with Crippen molar-refractivity contribution in [1.82, 2.24) is 19.9 Å². The largest absolute Gasteiger partial charge is 0.461 e. The SMILES string of the molecule is CCOC(=O)c1nnn(CC(=O)N(C)C)c1C(C)C. The van der Waals surface area contributed by atoms with Gasteiger partial charge >= 0.3 is 5.97 Å². The molecule has 1 aromatic rings. The van der Waals surface area contributed by atoms with E-state index in [2.05, 4.69) is 10.3 Å². The Morgan fingerprint density at radius 3 is 2.47 bits per heavy atom. The van der Waals surface area contributed by atoms with Crippen LogP contribution in [-0.4, -0.2) is 52.5 Å². The first-order valence-corrected chi connectivity index (χ1v) is 6.19. The molecule has 0 spiro atoms. The number of esters is 1. The van der Waals surface area contributed by atoms with Gasteiger partial charge in [0.1, 0.15) is 6.54 Å². The van der Waals surface area contributed by atoms with Crippen molar-refractivity contribution in [1.29, 1.82) is 0 Å². The lowest BCUT2D eigenvalue weighted by molar-refractivity contribution is -0.129. The van der Waals surface area contributed by atoms with Crippen molar-refractivity contribution in [2.24, 2.45) is 0 Å². The van der Waals surface area contributed by atoms with Crippen LogP contribution in [0.2, 0.25) is 0 Å². The van der Waals surface area contributed by atoms with Gasteiger partial charge in [-0.3, -0.25) is 4.79 Å². The van der Waals surface area contributed by atoms with Gasteiger partial charge in [0.25, 0.3) is 0 Å². The normalized spacial score (nSPS) is 10.6. The molecule has 0 aliphatic heterocycles. The second-order valence-corrected chi connectivity index (χ2v) is 4.64. The van der Waals surface area contributed by atoms with Gasteiger partial charge in [-0.1, -0.05) is 19.1 Å². The molecule has 1 amide bonds. The predicted octanol–water partition coefficient (Wildman–Crippen LogP) is 0.666. The molecule has 0 atom stereocenters. The maximum Gasteiger partial charge on any atom is 0.360 e. The first-order chi connectivity index (χ1) is 8.88. The Morgan fingerprint density at radius 1 is 1.37 bits per heavy atom. The second kappa shape index (κ2) is 6.31. The van der Waals surface area contributed by atoms with Crippen LogP contribution in [-0.2, 0) is 16.1 Å². The zero-order valence-electron chi connectivity index (χ0n) is 12.0. The Labute approximate surface area is 112 Å². The fraction of sp³-hybridized carbons (Fsp3) is 0.667. The van der Waals surface area contributed by atoms with Gasteiger partial charge in [-0.05, 0) is 12.8 Å². The molecule has 0 radical (unpaired) electrons. The van der Waals surface area contributed by atoms with E-state index in [0.717, 1.165) is 0 Å². The van der Waals surface area contributed by atoms with Crippen LogP contribution >= 0.6 is 0 Å². The van der Waals surface area contributed by atoms with E-state index < -0.39 is 5.97 Å². The van der Waals surface area contributed by atoms with Crippen molar-refractivity contribution in [2.75, 3.05) is 20.7 Å². The van der Waals surface area contributed by atoms with E-state index in [0.29, 0.717) is 5.69 Å². The molecule has 7 nitrogen and oxygen atoms in total.